The number of benzene rings is 1. The molecule has 7 heteroatoms. The molecule has 0 bridgehead atoms. The van der Waals surface area contributed by atoms with Crippen LogP contribution in [-0.2, 0) is 13.0 Å². The molecule has 0 radical (unpaired) electrons. The van der Waals surface area contributed by atoms with Crippen LogP contribution in [-0.4, -0.2) is 27.3 Å². The van der Waals surface area contributed by atoms with Gasteiger partial charge in [0.05, 0.1) is 12.7 Å². The molecule has 2 amide bonds. The molecule has 0 aliphatic carbocycles. The van der Waals surface area contributed by atoms with Crippen molar-refractivity contribution in [3.05, 3.63) is 78.0 Å². The average molecular weight is 339 g/mol. The maximum absolute atomic E-state index is 13.0. The topological polar surface area (TPSA) is 71.8 Å². The zero-order valence-electron chi connectivity index (χ0n) is 13.5. The van der Waals surface area contributed by atoms with Crippen molar-refractivity contribution in [2.75, 3.05) is 11.9 Å². The lowest BCUT2D eigenvalue weighted by molar-refractivity contribution is 0.252. The molecule has 0 unspecified atom stereocenters. The molecule has 6 nitrogen and oxygen atoms in total. The molecule has 1 aromatic carbocycles. The maximum Gasteiger partial charge on any atom is 0.320 e. The average Bonchev–Trinajstić information content (AvgIpc) is 3.04. The molecule has 0 saturated carbocycles. The van der Waals surface area contributed by atoms with Gasteiger partial charge in [0.25, 0.3) is 0 Å². The summed E-state index contributed by atoms with van der Waals surface area (Å²) in [4.78, 5) is 16.2. The van der Waals surface area contributed by atoms with E-state index in [0.29, 0.717) is 25.3 Å². The van der Waals surface area contributed by atoms with E-state index in [2.05, 4.69) is 20.7 Å². The molecule has 3 aromatic rings. The van der Waals surface area contributed by atoms with E-state index < -0.39 is 0 Å². The third-order valence-electron chi connectivity index (χ3n) is 3.60. The Morgan fingerprint density at radius 3 is 2.68 bits per heavy atom. The predicted molar refractivity (Wildman–Crippen MR) is 92.7 cm³/mol. The number of amides is 2. The van der Waals surface area contributed by atoms with Gasteiger partial charge in [0.1, 0.15) is 11.6 Å². The normalized spacial score (nSPS) is 10.4. The van der Waals surface area contributed by atoms with Crippen molar-refractivity contribution in [2.24, 2.45) is 0 Å². The highest BCUT2D eigenvalue weighted by Crippen LogP contribution is 2.10. The first-order chi connectivity index (χ1) is 12.2. The zero-order valence-corrected chi connectivity index (χ0v) is 13.5. The lowest BCUT2D eigenvalue weighted by atomic mass is 10.2. The van der Waals surface area contributed by atoms with Crippen molar-refractivity contribution in [1.82, 2.24) is 20.1 Å². The largest absolute Gasteiger partial charge is 0.337 e. The van der Waals surface area contributed by atoms with E-state index >= 15 is 0 Å². The van der Waals surface area contributed by atoms with Crippen LogP contribution in [0, 0.1) is 5.82 Å². The number of pyridine rings is 1. The van der Waals surface area contributed by atoms with Crippen LogP contribution in [0.3, 0.4) is 0 Å². The first kappa shape index (κ1) is 16.6. The molecule has 25 heavy (non-hydrogen) atoms. The number of hydrogen-bond donors (Lipinski definition) is 2. The van der Waals surface area contributed by atoms with Gasteiger partial charge in [0.2, 0.25) is 0 Å². The zero-order chi connectivity index (χ0) is 17.5. The Morgan fingerprint density at radius 1 is 1.08 bits per heavy atom. The lowest BCUT2D eigenvalue weighted by Gasteiger charge is -2.10. The van der Waals surface area contributed by atoms with Crippen LogP contribution in [0.1, 0.15) is 11.3 Å². The third-order valence-corrected chi connectivity index (χ3v) is 3.60. The maximum atomic E-state index is 13.0. The van der Waals surface area contributed by atoms with Crippen LogP contribution in [0.5, 0.6) is 0 Å². The molecule has 2 N–H and O–H groups in total. The van der Waals surface area contributed by atoms with E-state index in [1.54, 1.807) is 35.3 Å². The Balaban J connectivity index is 1.52. The number of rotatable bonds is 6. The second-order valence-corrected chi connectivity index (χ2v) is 5.45. The molecular formula is C18H18FN5O. The van der Waals surface area contributed by atoms with E-state index in [1.165, 1.54) is 12.1 Å². The first-order valence-corrected chi connectivity index (χ1v) is 7.92. The summed E-state index contributed by atoms with van der Waals surface area (Å²) in [5.41, 5.74) is 1.81. The van der Waals surface area contributed by atoms with Gasteiger partial charge >= 0.3 is 6.03 Å². The van der Waals surface area contributed by atoms with Gasteiger partial charge in [-0.1, -0.05) is 18.2 Å². The smallest absolute Gasteiger partial charge is 0.320 e. The van der Waals surface area contributed by atoms with Gasteiger partial charge in [-0.25, -0.2) is 13.9 Å². The van der Waals surface area contributed by atoms with E-state index in [0.717, 1.165) is 11.3 Å². The highest BCUT2D eigenvalue weighted by Gasteiger charge is 2.07. The van der Waals surface area contributed by atoms with Gasteiger partial charge in [-0.2, -0.15) is 5.10 Å². The van der Waals surface area contributed by atoms with E-state index in [1.807, 2.05) is 18.2 Å². The number of hydrogen-bond acceptors (Lipinski definition) is 3. The predicted octanol–water partition coefficient (Wildman–Crippen LogP) is 2.83. The monoisotopic (exact) mass is 339 g/mol. The molecule has 0 fully saturated rings. The number of anilines is 1. The highest BCUT2D eigenvalue weighted by molar-refractivity contribution is 5.88. The highest BCUT2D eigenvalue weighted by atomic mass is 19.1. The Kier molecular flexibility index (Phi) is 5.36. The summed E-state index contributed by atoms with van der Waals surface area (Å²) in [6, 6.07) is 13.3. The van der Waals surface area contributed by atoms with Crippen molar-refractivity contribution in [2.45, 2.75) is 13.0 Å². The van der Waals surface area contributed by atoms with Crippen molar-refractivity contribution >= 4 is 11.8 Å². The fourth-order valence-corrected chi connectivity index (χ4v) is 2.34. The van der Waals surface area contributed by atoms with E-state index in [4.69, 9.17) is 0 Å². The number of nitrogens with one attached hydrogen (secondary N) is 2. The first-order valence-electron chi connectivity index (χ1n) is 7.92. The number of carbonyl (C=O) groups is 1. The van der Waals surface area contributed by atoms with Crippen LogP contribution in [0.25, 0.3) is 0 Å². The summed E-state index contributed by atoms with van der Waals surface area (Å²) < 4.78 is 14.6. The molecule has 0 aliphatic rings. The number of halogens is 1. The fraction of sp³-hybridized carbons (Fsp3) is 0.167. The minimum absolute atomic E-state index is 0.283. The summed E-state index contributed by atoms with van der Waals surface area (Å²) in [6.45, 7) is 0.922. The van der Waals surface area contributed by atoms with E-state index in [-0.39, 0.29) is 11.8 Å². The van der Waals surface area contributed by atoms with Gasteiger partial charge in [0, 0.05) is 30.9 Å². The van der Waals surface area contributed by atoms with Crippen molar-refractivity contribution in [3.8, 4) is 0 Å². The number of nitrogens with zero attached hydrogens (tertiary/aromatic N) is 3. The quantitative estimate of drug-likeness (QED) is 0.725. The SMILES string of the molecule is O=C(NCCc1ccccn1)Nc1ccnn1Cc1ccc(F)cc1. The van der Waals surface area contributed by atoms with Crippen molar-refractivity contribution in [1.29, 1.82) is 0 Å². The minimum Gasteiger partial charge on any atom is -0.337 e. The summed E-state index contributed by atoms with van der Waals surface area (Å²) in [7, 11) is 0. The summed E-state index contributed by atoms with van der Waals surface area (Å²) in [5.74, 6) is 0.287. The van der Waals surface area contributed by atoms with Crippen LogP contribution >= 0.6 is 0 Å². The Bertz CT molecular complexity index is 817. The van der Waals surface area contributed by atoms with Crippen molar-refractivity contribution in [3.63, 3.8) is 0 Å². The second kappa shape index (κ2) is 8.05. The van der Waals surface area contributed by atoms with E-state index in [9.17, 15) is 9.18 Å². The Morgan fingerprint density at radius 2 is 1.92 bits per heavy atom. The number of aromatic nitrogens is 3. The summed E-state index contributed by atoms with van der Waals surface area (Å²) in [6.07, 6.45) is 3.99. The van der Waals surface area contributed by atoms with Crippen LogP contribution in [0.15, 0.2) is 60.9 Å². The van der Waals surface area contributed by atoms with Gasteiger partial charge in [-0.3, -0.25) is 10.3 Å². The molecule has 0 atom stereocenters. The van der Waals surface area contributed by atoms with Gasteiger partial charge < -0.3 is 5.32 Å². The Labute approximate surface area is 144 Å². The Hall–Kier alpha value is -3.22. The second-order valence-electron chi connectivity index (χ2n) is 5.45. The number of urea groups is 1. The number of carbonyl (C=O) groups excluding carboxylic acids is 1. The van der Waals surface area contributed by atoms with Crippen molar-refractivity contribution < 1.29 is 9.18 Å². The molecular weight excluding hydrogens is 321 g/mol. The van der Waals surface area contributed by atoms with Gasteiger partial charge in [-0.05, 0) is 29.8 Å². The molecule has 2 heterocycles. The minimum atomic E-state index is -0.309. The molecule has 0 aliphatic heterocycles. The molecule has 0 saturated heterocycles. The summed E-state index contributed by atoms with van der Waals surface area (Å²) >= 11 is 0. The van der Waals surface area contributed by atoms with Crippen LogP contribution in [0.4, 0.5) is 15.0 Å². The van der Waals surface area contributed by atoms with Gasteiger partial charge in [0.15, 0.2) is 0 Å². The molecule has 0 spiro atoms. The lowest BCUT2D eigenvalue weighted by Crippen LogP contribution is -2.31. The third kappa shape index (κ3) is 4.87. The molecule has 128 valence electrons. The standard InChI is InChI=1S/C18H18FN5O/c19-15-6-4-14(5-7-15)13-24-17(9-12-22-24)23-18(25)21-11-8-16-3-1-2-10-20-16/h1-7,9-10,12H,8,11,13H2,(H2,21,23,25). The van der Waals surface area contributed by atoms with Crippen LogP contribution in [0.2, 0.25) is 0 Å². The summed E-state index contributed by atoms with van der Waals surface area (Å²) in [5, 5.41) is 9.74. The molecule has 3 rings (SSSR count). The van der Waals surface area contributed by atoms with Crippen LogP contribution < -0.4 is 10.6 Å². The van der Waals surface area contributed by atoms with Gasteiger partial charge in [-0.15, -0.1) is 0 Å². The molecule has 2 aromatic heterocycles. The fourth-order valence-electron chi connectivity index (χ4n) is 2.34.